The number of halogens is 3. The third-order valence-corrected chi connectivity index (χ3v) is 7.89. The SMILES string of the molecule is CNC(=O)[C@@]12C[C@@H]1[C@@H](n1cnc3c(NCc4cccc(Cl)c4)nc(C#Cc4ccc(F)c(F)c4)nc31)C(O)C2O. The number of hydrogen-bond donors (Lipinski definition) is 4. The number of aromatic nitrogens is 4. The Morgan fingerprint density at radius 1 is 1.18 bits per heavy atom. The van der Waals surface area contributed by atoms with Gasteiger partial charge in [0.15, 0.2) is 28.6 Å². The van der Waals surface area contributed by atoms with Crippen LogP contribution in [0.1, 0.15) is 29.4 Å². The van der Waals surface area contributed by atoms with Gasteiger partial charge in [-0.15, -0.1) is 0 Å². The highest BCUT2D eigenvalue weighted by atomic mass is 35.5. The average Bonchev–Trinajstić information content (AvgIpc) is 3.48. The van der Waals surface area contributed by atoms with E-state index >= 15 is 0 Å². The fourth-order valence-electron chi connectivity index (χ4n) is 5.64. The molecule has 0 bridgehead atoms. The molecule has 0 radical (unpaired) electrons. The average molecular weight is 565 g/mol. The van der Waals surface area contributed by atoms with E-state index in [-0.39, 0.29) is 23.2 Å². The van der Waals surface area contributed by atoms with Crippen LogP contribution in [0.25, 0.3) is 11.2 Å². The van der Waals surface area contributed by atoms with Gasteiger partial charge in [-0.25, -0.2) is 23.7 Å². The predicted octanol–water partition coefficient (Wildman–Crippen LogP) is 2.80. The van der Waals surface area contributed by atoms with Crippen LogP contribution >= 0.6 is 11.6 Å². The minimum atomic E-state index is -1.25. The molecule has 4 aromatic rings. The van der Waals surface area contributed by atoms with Gasteiger partial charge < -0.3 is 25.4 Å². The number of anilines is 1. The van der Waals surface area contributed by atoms with Crippen LogP contribution in [0.5, 0.6) is 0 Å². The molecule has 0 aliphatic heterocycles. The van der Waals surface area contributed by atoms with Crippen LogP contribution in [0.4, 0.5) is 14.6 Å². The smallest absolute Gasteiger partial charge is 0.229 e. The lowest BCUT2D eigenvalue weighted by atomic mass is 9.98. The van der Waals surface area contributed by atoms with Gasteiger partial charge in [0.05, 0.1) is 23.9 Å². The standard InChI is InChI=1S/C28H23ClF2N6O3/c1-32-27(40)28-11-17(28)22(23(38)24(28)39)37-13-34-21-25(33-12-15-3-2-4-16(29)9-15)35-20(36-26(21)37)8-6-14-5-7-18(30)19(31)10-14/h2-5,7,9-10,13,17,22-24,38-39H,11-12H2,1H3,(H,32,40)(H,33,35,36)/t17-,22-,23?,24?,28+/m1/s1. The number of carbonyl (C=O) groups is 1. The predicted molar refractivity (Wildman–Crippen MR) is 142 cm³/mol. The van der Waals surface area contributed by atoms with Crippen molar-refractivity contribution in [1.29, 1.82) is 0 Å². The Kier molecular flexibility index (Phi) is 6.41. The Bertz CT molecular complexity index is 1720. The zero-order valence-corrected chi connectivity index (χ0v) is 21.8. The minimum Gasteiger partial charge on any atom is -0.389 e. The fourth-order valence-corrected chi connectivity index (χ4v) is 5.85. The van der Waals surface area contributed by atoms with Gasteiger partial charge in [0.1, 0.15) is 6.10 Å². The van der Waals surface area contributed by atoms with Crippen molar-refractivity contribution < 1.29 is 23.8 Å². The van der Waals surface area contributed by atoms with Crippen molar-refractivity contribution in [3.8, 4) is 11.8 Å². The molecule has 9 nitrogen and oxygen atoms in total. The van der Waals surface area contributed by atoms with Crippen molar-refractivity contribution in [2.45, 2.75) is 31.2 Å². The van der Waals surface area contributed by atoms with Crippen LogP contribution < -0.4 is 10.6 Å². The molecule has 40 heavy (non-hydrogen) atoms. The first-order valence-corrected chi connectivity index (χ1v) is 12.9. The second-order valence-electron chi connectivity index (χ2n) is 9.94. The summed E-state index contributed by atoms with van der Waals surface area (Å²) in [7, 11) is 1.49. The molecule has 2 saturated carbocycles. The minimum absolute atomic E-state index is 0.0639. The largest absolute Gasteiger partial charge is 0.389 e. The van der Waals surface area contributed by atoms with Crippen molar-refractivity contribution >= 4 is 34.5 Å². The lowest BCUT2D eigenvalue weighted by Crippen LogP contribution is -2.41. The number of imidazole rings is 1. The molecule has 2 fully saturated rings. The van der Waals surface area contributed by atoms with E-state index in [1.54, 1.807) is 16.7 Å². The van der Waals surface area contributed by atoms with E-state index < -0.39 is 35.3 Å². The quantitative estimate of drug-likeness (QED) is 0.275. The van der Waals surface area contributed by atoms with Gasteiger partial charge in [0.2, 0.25) is 11.7 Å². The number of aliphatic hydroxyl groups is 2. The lowest BCUT2D eigenvalue weighted by molar-refractivity contribution is -0.132. The Balaban J connectivity index is 1.42. The number of nitrogens with zero attached hydrogens (tertiary/aromatic N) is 4. The summed E-state index contributed by atoms with van der Waals surface area (Å²) in [5.74, 6) is 3.29. The molecule has 2 heterocycles. The van der Waals surface area contributed by atoms with Crippen LogP contribution in [0, 0.1) is 34.8 Å². The topological polar surface area (TPSA) is 125 Å². The maximum atomic E-state index is 13.7. The Morgan fingerprint density at radius 3 is 2.75 bits per heavy atom. The Labute approximate surface area is 232 Å². The van der Waals surface area contributed by atoms with Crippen molar-refractivity contribution in [3.63, 3.8) is 0 Å². The number of fused-ring (bicyclic) bond motifs is 2. The number of amides is 1. The van der Waals surface area contributed by atoms with Gasteiger partial charge in [-0.05, 0) is 48.2 Å². The van der Waals surface area contributed by atoms with Gasteiger partial charge >= 0.3 is 0 Å². The number of aliphatic hydroxyl groups excluding tert-OH is 2. The van der Waals surface area contributed by atoms with E-state index in [0.29, 0.717) is 35.0 Å². The van der Waals surface area contributed by atoms with Gasteiger partial charge in [-0.3, -0.25) is 4.79 Å². The van der Waals surface area contributed by atoms with Crippen LogP contribution in [-0.2, 0) is 11.3 Å². The molecule has 12 heteroatoms. The summed E-state index contributed by atoms with van der Waals surface area (Å²) < 4.78 is 28.7. The summed E-state index contributed by atoms with van der Waals surface area (Å²) in [6.07, 6.45) is -0.587. The fraction of sp³-hybridized carbons (Fsp3) is 0.286. The molecular formula is C28H23ClF2N6O3. The van der Waals surface area contributed by atoms with Gasteiger partial charge in [0.25, 0.3) is 0 Å². The molecule has 2 unspecified atom stereocenters. The molecule has 204 valence electrons. The maximum absolute atomic E-state index is 13.7. The second-order valence-corrected chi connectivity index (χ2v) is 10.4. The van der Waals surface area contributed by atoms with Crippen LogP contribution in [0.3, 0.4) is 0 Å². The third kappa shape index (κ3) is 4.25. The molecule has 0 spiro atoms. The van der Waals surface area contributed by atoms with E-state index in [1.165, 1.54) is 19.4 Å². The first kappa shape index (κ1) is 26.1. The highest BCUT2D eigenvalue weighted by molar-refractivity contribution is 6.30. The summed E-state index contributed by atoms with van der Waals surface area (Å²) in [5.41, 5.74) is 0.753. The van der Waals surface area contributed by atoms with E-state index in [1.807, 2.05) is 12.1 Å². The van der Waals surface area contributed by atoms with Crippen molar-refractivity contribution in [3.05, 3.63) is 82.4 Å². The first-order valence-electron chi connectivity index (χ1n) is 12.5. The summed E-state index contributed by atoms with van der Waals surface area (Å²) in [5, 5.41) is 28.2. The van der Waals surface area contributed by atoms with Crippen LogP contribution in [0.15, 0.2) is 48.8 Å². The third-order valence-electron chi connectivity index (χ3n) is 7.65. The van der Waals surface area contributed by atoms with Crippen molar-refractivity contribution in [1.82, 2.24) is 24.8 Å². The number of carbonyl (C=O) groups excluding carboxylic acids is 1. The molecular weight excluding hydrogens is 542 g/mol. The zero-order chi connectivity index (χ0) is 28.2. The van der Waals surface area contributed by atoms with E-state index in [9.17, 15) is 23.8 Å². The number of benzene rings is 2. The van der Waals surface area contributed by atoms with E-state index in [0.717, 1.165) is 17.7 Å². The van der Waals surface area contributed by atoms with Gasteiger partial charge in [-0.1, -0.05) is 29.7 Å². The molecule has 2 aliphatic rings. The Hall–Kier alpha value is -4.11. The zero-order valence-electron chi connectivity index (χ0n) is 21.1. The van der Waals surface area contributed by atoms with Gasteiger partial charge in [0, 0.05) is 30.1 Å². The summed E-state index contributed by atoms with van der Waals surface area (Å²) in [6.45, 7) is 0.350. The highest BCUT2D eigenvalue weighted by Gasteiger charge is 2.75. The number of rotatable bonds is 5. The number of hydrogen-bond acceptors (Lipinski definition) is 7. The molecule has 6 rings (SSSR count). The molecule has 2 aliphatic carbocycles. The second kappa shape index (κ2) is 9.82. The highest BCUT2D eigenvalue weighted by Crippen LogP contribution is 2.67. The number of nitrogens with one attached hydrogen (secondary N) is 2. The normalized spacial score (nSPS) is 24.8. The molecule has 5 atom stereocenters. The van der Waals surface area contributed by atoms with E-state index in [4.69, 9.17) is 11.6 Å². The van der Waals surface area contributed by atoms with Crippen molar-refractivity contribution in [2.24, 2.45) is 11.3 Å². The summed E-state index contributed by atoms with van der Waals surface area (Å²) in [4.78, 5) is 26.2. The molecule has 2 aromatic heterocycles. The van der Waals surface area contributed by atoms with Crippen molar-refractivity contribution in [2.75, 3.05) is 12.4 Å². The molecule has 4 N–H and O–H groups in total. The van der Waals surface area contributed by atoms with Crippen LogP contribution in [0.2, 0.25) is 5.02 Å². The Morgan fingerprint density at radius 2 is 2.00 bits per heavy atom. The maximum Gasteiger partial charge on any atom is 0.229 e. The first-order chi connectivity index (χ1) is 19.2. The summed E-state index contributed by atoms with van der Waals surface area (Å²) >= 11 is 6.12. The molecule has 0 saturated heterocycles. The van der Waals surface area contributed by atoms with Gasteiger partial charge in [-0.2, -0.15) is 0 Å². The monoisotopic (exact) mass is 564 g/mol. The van der Waals surface area contributed by atoms with Crippen LogP contribution in [-0.4, -0.2) is 54.9 Å². The summed E-state index contributed by atoms with van der Waals surface area (Å²) in [6, 6.07) is 9.92. The molecule has 2 aromatic carbocycles. The lowest BCUT2D eigenvalue weighted by Gasteiger charge is -2.23. The van der Waals surface area contributed by atoms with E-state index in [2.05, 4.69) is 37.4 Å². The molecule has 1 amide bonds.